The van der Waals surface area contributed by atoms with E-state index in [1.54, 1.807) is 7.11 Å². The zero-order valence-electron chi connectivity index (χ0n) is 16.8. The largest absolute Gasteiger partial charge is 0.497 e. The number of piperazine rings is 1. The van der Waals surface area contributed by atoms with Gasteiger partial charge in [0.2, 0.25) is 0 Å². The van der Waals surface area contributed by atoms with Crippen molar-refractivity contribution in [2.45, 2.75) is 26.3 Å². The van der Waals surface area contributed by atoms with E-state index in [2.05, 4.69) is 22.3 Å². The fourth-order valence-corrected chi connectivity index (χ4v) is 3.30. The first-order chi connectivity index (χ1) is 13.0. The smallest absolute Gasteiger partial charge is 0.328 e. The number of esters is 1. The lowest BCUT2D eigenvalue weighted by Gasteiger charge is -2.33. The van der Waals surface area contributed by atoms with Gasteiger partial charge in [0.1, 0.15) is 11.8 Å². The van der Waals surface area contributed by atoms with Crippen LogP contribution in [0, 0.1) is 5.92 Å². The van der Waals surface area contributed by atoms with Crippen LogP contribution in [0.1, 0.15) is 20.3 Å². The molecule has 1 fully saturated rings. The predicted octanol–water partition coefficient (Wildman–Crippen LogP) is 0.104. The molecule has 7 heteroatoms. The highest BCUT2D eigenvalue weighted by Crippen LogP contribution is 2.18. The summed E-state index contributed by atoms with van der Waals surface area (Å²) in [6.07, 6.45) is 0.799. The number of benzene rings is 1. The van der Waals surface area contributed by atoms with Crippen molar-refractivity contribution in [3.05, 3.63) is 24.3 Å². The zero-order valence-corrected chi connectivity index (χ0v) is 16.8. The molecule has 1 aliphatic heterocycles. The lowest BCUT2D eigenvalue weighted by Crippen LogP contribution is -3.16. The number of methoxy groups -OCH3 is 2. The topological polar surface area (TPSA) is 72.3 Å². The zero-order chi connectivity index (χ0) is 19.8. The van der Waals surface area contributed by atoms with Crippen LogP contribution < -0.4 is 19.9 Å². The van der Waals surface area contributed by atoms with Gasteiger partial charge in [0.25, 0.3) is 5.91 Å². The molecule has 0 saturated carbocycles. The average molecular weight is 378 g/mol. The van der Waals surface area contributed by atoms with Gasteiger partial charge in [-0.3, -0.25) is 4.79 Å². The fourth-order valence-electron chi connectivity index (χ4n) is 3.30. The molecule has 2 N–H and O–H groups in total. The maximum absolute atomic E-state index is 12.4. The van der Waals surface area contributed by atoms with E-state index in [1.165, 1.54) is 17.7 Å². The van der Waals surface area contributed by atoms with Crippen molar-refractivity contribution in [3.63, 3.8) is 0 Å². The first-order valence-corrected chi connectivity index (χ1v) is 9.58. The highest BCUT2D eigenvalue weighted by molar-refractivity contribution is 5.85. The number of carbonyl (C=O) groups excluding carboxylic acids is 2. The number of nitrogens with one attached hydrogen (secondary N) is 2. The molecule has 0 aliphatic carbocycles. The second-order valence-electron chi connectivity index (χ2n) is 7.07. The minimum Gasteiger partial charge on any atom is -0.497 e. The van der Waals surface area contributed by atoms with Crippen molar-refractivity contribution in [2.24, 2.45) is 5.92 Å². The van der Waals surface area contributed by atoms with Crippen LogP contribution in [0.15, 0.2) is 24.3 Å². The Morgan fingerprint density at radius 3 is 2.33 bits per heavy atom. The van der Waals surface area contributed by atoms with Crippen LogP contribution in [0.3, 0.4) is 0 Å². The maximum Gasteiger partial charge on any atom is 0.328 e. The molecule has 2 rings (SSSR count). The Hall–Kier alpha value is -2.28. The predicted molar refractivity (Wildman–Crippen MR) is 104 cm³/mol. The van der Waals surface area contributed by atoms with Gasteiger partial charge in [-0.05, 0) is 30.2 Å². The summed E-state index contributed by atoms with van der Waals surface area (Å²) in [5.74, 6) is 0.417. The summed E-state index contributed by atoms with van der Waals surface area (Å²) in [7, 11) is 3.02. The van der Waals surface area contributed by atoms with Gasteiger partial charge in [0.05, 0.1) is 40.4 Å². The second kappa shape index (κ2) is 10.2. The van der Waals surface area contributed by atoms with Gasteiger partial charge in [-0.2, -0.15) is 0 Å². The van der Waals surface area contributed by atoms with Crippen LogP contribution in [0.25, 0.3) is 0 Å². The van der Waals surface area contributed by atoms with Crippen molar-refractivity contribution in [2.75, 3.05) is 51.8 Å². The monoisotopic (exact) mass is 378 g/mol. The van der Waals surface area contributed by atoms with E-state index >= 15 is 0 Å². The summed E-state index contributed by atoms with van der Waals surface area (Å²) >= 11 is 0. The molecule has 1 saturated heterocycles. The summed E-state index contributed by atoms with van der Waals surface area (Å²) in [5, 5.41) is 2.86. The number of carbonyl (C=O) groups is 2. The first-order valence-electron chi connectivity index (χ1n) is 9.58. The molecular weight excluding hydrogens is 346 g/mol. The van der Waals surface area contributed by atoms with E-state index in [1.807, 2.05) is 26.0 Å². The van der Waals surface area contributed by atoms with Crippen LogP contribution in [-0.4, -0.2) is 64.9 Å². The number of anilines is 1. The molecule has 7 nitrogen and oxygen atoms in total. The van der Waals surface area contributed by atoms with E-state index < -0.39 is 6.04 Å². The van der Waals surface area contributed by atoms with Gasteiger partial charge in [-0.1, -0.05) is 20.3 Å². The molecule has 0 spiro atoms. The molecule has 1 heterocycles. The maximum atomic E-state index is 12.4. The van der Waals surface area contributed by atoms with Crippen molar-refractivity contribution >= 4 is 17.6 Å². The quantitative estimate of drug-likeness (QED) is 0.628. The number of nitrogens with zero attached hydrogens (tertiary/aromatic N) is 1. The lowest BCUT2D eigenvalue weighted by molar-refractivity contribution is -0.892. The van der Waals surface area contributed by atoms with E-state index in [-0.39, 0.29) is 17.8 Å². The minimum absolute atomic E-state index is 0.0447. The van der Waals surface area contributed by atoms with Gasteiger partial charge in [0.15, 0.2) is 6.54 Å². The molecule has 1 amide bonds. The Kier molecular flexibility index (Phi) is 7.91. The molecule has 1 aliphatic rings. The minimum atomic E-state index is -0.576. The van der Waals surface area contributed by atoms with Crippen molar-refractivity contribution in [1.82, 2.24) is 5.32 Å². The third-order valence-corrected chi connectivity index (χ3v) is 5.30. The standard InChI is InChI=1S/C20H31N3O4/c1-5-15(2)19(20(25)27-4)21-18(24)14-22-10-12-23(13-11-22)16-6-8-17(26-3)9-7-16/h6-9,15,19H,5,10-14H2,1-4H3,(H,21,24)/p+1/t15-,19-/m0/s1. The number of hydrogen-bond acceptors (Lipinski definition) is 5. The summed E-state index contributed by atoms with van der Waals surface area (Å²) in [6, 6.07) is 7.47. The van der Waals surface area contributed by atoms with Crippen LogP contribution >= 0.6 is 0 Å². The Morgan fingerprint density at radius 2 is 1.81 bits per heavy atom. The van der Waals surface area contributed by atoms with Crippen molar-refractivity contribution in [1.29, 1.82) is 0 Å². The van der Waals surface area contributed by atoms with Gasteiger partial charge < -0.3 is 24.6 Å². The Morgan fingerprint density at radius 1 is 1.19 bits per heavy atom. The highest BCUT2D eigenvalue weighted by Gasteiger charge is 2.29. The number of amides is 1. The Labute approximate surface area is 161 Å². The molecule has 0 radical (unpaired) electrons. The van der Waals surface area contributed by atoms with E-state index in [0.29, 0.717) is 6.54 Å². The Bertz CT molecular complexity index is 612. The summed E-state index contributed by atoms with van der Waals surface area (Å²) < 4.78 is 10.0. The van der Waals surface area contributed by atoms with Crippen LogP contribution in [-0.2, 0) is 14.3 Å². The molecule has 0 aromatic heterocycles. The molecule has 150 valence electrons. The summed E-state index contributed by atoms with van der Waals surface area (Å²) in [5.41, 5.74) is 1.17. The van der Waals surface area contributed by atoms with Crippen LogP contribution in [0.2, 0.25) is 0 Å². The normalized spacial score (nSPS) is 17.1. The third kappa shape index (κ3) is 5.85. The molecule has 1 aromatic rings. The molecule has 0 bridgehead atoms. The molecular formula is C20H32N3O4+. The van der Waals surface area contributed by atoms with Gasteiger partial charge >= 0.3 is 5.97 Å². The number of rotatable bonds is 8. The second-order valence-corrected chi connectivity index (χ2v) is 7.07. The number of ether oxygens (including phenoxy) is 2. The van der Waals surface area contributed by atoms with Crippen molar-refractivity contribution < 1.29 is 24.0 Å². The van der Waals surface area contributed by atoms with Gasteiger partial charge in [0, 0.05) is 5.69 Å². The Balaban J connectivity index is 1.83. The molecule has 2 atom stereocenters. The SMILES string of the molecule is CC[C@H](C)[C@H](NC(=O)C[NH+]1CCN(c2ccc(OC)cc2)CC1)C(=O)OC. The summed E-state index contributed by atoms with van der Waals surface area (Å²) in [4.78, 5) is 27.9. The van der Waals surface area contributed by atoms with E-state index in [0.717, 1.165) is 38.3 Å². The van der Waals surface area contributed by atoms with Crippen LogP contribution in [0.4, 0.5) is 5.69 Å². The molecule has 1 aromatic carbocycles. The van der Waals surface area contributed by atoms with Gasteiger partial charge in [-0.15, -0.1) is 0 Å². The summed E-state index contributed by atoms with van der Waals surface area (Å²) in [6.45, 7) is 7.86. The lowest BCUT2D eigenvalue weighted by atomic mass is 9.99. The van der Waals surface area contributed by atoms with Gasteiger partial charge in [-0.25, -0.2) is 4.79 Å². The molecule has 0 unspecified atom stereocenters. The fraction of sp³-hybridized carbons (Fsp3) is 0.600. The van der Waals surface area contributed by atoms with Crippen molar-refractivity contribution in [3.8, 4) is 5.75 Å². The number of hydrogen-bond donors (Lipinski definition) is 2. The number of quaternary nitrogens is 1. The van der Waals surface area contributed by atoms with Crippen LogP contribution in [0.5, 0.6) is 5.75 Å². The molecule has 27 heavy (non-hydrogen) atoms. The third-order valence-electron chi connectivity index (χ3n) is 5.30. The first kappa shape index (κ1) is 21.0. The highest BCUT2D eigenvalue weighted by atomic mass is 16.5. The average Bonchev–Trinajstić information content (AvgIpc) is 2.71. The van der Waals surface area contributed by atoms with E-state index in [4.69, 9.17) is 9.47 Å². The van der Waals surface area contributed by atoms with E-state index in [9.17, 15) is 9.59 Å².